The molecule has 0 unspecified atom stereocenters. The van der Waals surface area contributed by atoms with Crippen LogP contribution in [0.15, 0.2) is 47.0 Å². The van der Waals surface area contributed by atoms with E-state index in [1.807, 2.05) is 18.2 Å². The summed E-state index contributed by atoms with van der Waals surface area (Å²) < 4.78 is 16.7. The third kappa shape index (κ3) is 3.65. The summed E-state index contributed by atoms with van der Waals surface area (Å²) in [4.78, 5) is 17.0. The van der Waals surface area contributed by atoms with Crippen molar-refractivity contribution in [1.82, 2.24) is 10.3 Å². The first kappa shape index (κ1) is 17.5. The molecule has 0 radical (unpaired) electrons. The smallest absolute Gasteiger partial charge is 0.255 e. The first-order valence-electron chi connectivity index (χ1n) is 8.74. The first-order valence-corrected chi connectivity index (χ1v) is 8.74. The highest BCUT2D eigenvalue weighted by molar-refractivity contribution is 6.07. The topological polar surface area (TPSA) is 93.8 Å². The predicted molar refractivity (Wildman–Crippen MR) is 97.6 cm³/mol. The summed E-state index contributed by atoms with van der Waals surface area (Å²) in [6.45, 7) is 2.59. The summed E-state index contributed by atoms with van der Waals surface area (Å²) in [5.41, 5.74) is 1.85. The van der Waals surface area contributed by atoms with Crippen molar-refractivity contribution in [2.45, 2.75) is 25.7 Å². The van der Waals surface area contributed by atoms with Crippen molar-refractivity contribution in [1.29, 1.82) is 0 Å². The Balaban J connectivity index is 1.56. The van der Waals surface area contributed by atoms with Gasteiger partial charge in [0.15, 0.2) is 0 Å². The Morgan fingerprint density at radius 3 is 2.96 bits per heavy atom. The van der Waals surface area contributed by atoms with Gasteiger partial charge in [-0.3, -0.25) is 9.78 Å². The predicted octanol–water partition coefficient (Wildman–Crippen LogP) is 2.20. The molecule has 0 spiro atoms. The van der Waals surface area contributed by atoms with Gasteiger partial charge >= 0.3 is 0 Å². The number of aryl methyl sites for hydroxylation is 1. The van der Waals surface area contributed by atoms with Crippen LogP contribution in [0.2, 0.25) is 0 Å². The Labute approximate surface area is 155 Å². The number of fused-ring (bicyclic) bond motifs is 1. The van der Waals surface area contributed by atoms with Gasteiger partial charge in [0.25, 0.3) is 5.91 Å². The number of ether oxygens (including phenoxy) is 2. The molecule has 0 saturated carbocycles. The summed E-state index contributed by atoms with van der Waals surface area (Å²) in [6.07, 6.45) is 1.01. The number of carbonyl (C=O) groups excluding carboxylic acids is 1. The number of aliphatic hydroxyl groups excluding tert-OH is 1. The summed E-state index contributed by atoms with van der Waals surface area (Å²) >= 11 is 0. The lowest BCUT2D eigenvalue weighted by Crippen LogP contribution is -2.42. The number of aliphatic hydroxyl groups is 1. The molecule has 1 aromatic carbocycles. The second kappa shape index (κ2) is 7.38. The monoisotopic (exact) mass is 368 g/mol. The van der Waals surface area contributed by atoms with Crippen molar-refractivity contribution < 1.29 is 23.8 Å². The molecular weight excluding hydrogens is 348 g/mol. The first-order chi connectivity index (χ1) is 13.1. The van der Waals surface area contributed by atoms with Crippen LogP contribution in [-0.4, -0.2) is 41.4 Å². The maximum atomic E-state index is 12.7. The van der Waals surface area contributed by atoms with E-state index in [1.54, 1.807) is 31.3 Å². The molecule has 1 saturated heterocycles. The van der Waals surface area contributed by atoms with Gasteiger partial charge in [0, 0.05) is 11.6 Å². The van der Waals surface area contributed by atoms with Gasteiger partial charge in [0.2, 0.25) is 0 Å². The van der Waals surface area contributed by atoms with Gasteiger partial charge < -0.3 is 24.3 Å². The average molecular weight is 368 g/mol. The van der Waals surface area contributed by atoms with Gasteiger partial charge in [0.05, 0.1) is 36.6 Å². The molecule has 2 N–H and O–H groups in total. The molecule has 7 heteroatoms. The number of aromatic nitrogens is 1. The van der Waals surface area contributed by atoms with Crippen LogP contribution in [0.4, 0.5) is 0 Å². The summed E-state index contributed by atoms with van der Waals surface area (Å²) in [5, 5.41) is 13.3. The normalized spacial score (nSPS) is 19.3. The number of hydrogen-bond acceptors (Lipinski definition) is 6. The largest absolute Gasteiger partial charge is 0.487 e. The van der Waals surface area contributed by atoms with E-state index in [4.69, 9.17) is 13.9 Å². The number of nitrogens with one attached hydrogen (secondary N) is 1. The maximum absolute atomic E-state index is 12.7. The van der Waals surface area contributed by atoms with Crippen molar-refractivity contribution in [2.24, 2.45) is 0 Å². The minimum absolute atomic E-state index is 0.224. The van der Waals surface area contributed by atoms with E-state index in [-0.39, 0.29) is 12.5 Å². The third-order valence-electron chi connectivity index (χ3n) is 4.54. The van der Waals surface area contributed by atoms with E-state index < -0.39 is 12.1 Å². The molecule has 140 valence electrons. The Bertz CT molecular complexity index is 954. The molecule has 2 aromatic heterocycles. The van der Waals surface area contributed by atoms with Crippen LogP contribution in [0.1, 0.15) is 21.8 Å². The van der Waals surface area contributed by atoms with E-state index in [0.717, 1.165) is 5.69 Å². The van der Waals surface area contributed by atoms with Crippen LogP contribution in [0, 0.1) is 6.92 Å². The highest BCUT2D eigenvalue weighted by atomic mass is 16.5. The number of hydrogen-bond donors (Lipinski definition) is 2. The summed E-state index contributed by atoms with van der Waals surface area (Å²) in [7, 11) is 0. The van der Waals surface area contributed by atoms with Crippen LogP contribution in [-0.2, 0) is 11.3 Å². The molecule has 3 heterocycles. The molecule has 0 aliphatic carbocycles. The van der Waals surface area contributed by atoms with Crippen molar-refractivity contribution in [3.05, 3.63) is 59.6 Å². The fraction of sp³-hybridized carbons (Fsp3) is 0.300. The zero-order chi connectivity index (χ0) is 18.8. The quantitative estimate of drug-likeness (QED) is 0.717. The molecular formula is C20H20N2O5. The van der Waals surface area contributed by atoms with Crippen LogP contribution in [0.3, 0.4) is 0 Å². The zero-order valence-corrected chi connectivity index (χ0v) is 14.8. The van der Waals surface area contributed by atoms with Gasteiger partial charge in [-0.25, -0.2) is 0 Å². The lowest BCUT2D eigenvalue weighted by Gasteiger charge is -2.14. The Morgan fingerprint density at radius 2 is 2.22 bits per heavy atom. The Hall–Kier alpha value is -2.90. The average Bonchev–Trinajstić information content (AvgIpc) is 3.22. The summed E-state index contributed by atoms with van der Waals surface area (Å²) in [6, 6.07) is 10.6. The van der Waals surface area contributed by atoms with Crippen molar-refractivity contribution >= 4 is 16.9 Å². The van der Waals surface area contributed by atoms with Crippen LogP contribution in [0.5, 0.6) is 5.75 Å². The number of pyridine rings is 1. The van der Waals surface area contributed by atoms with Gasteiger partial charge in [-0.15, -0.1) is 0 Å². The van der Waals surface area contributed by atoms with Crippen LogP contribution >= 0.6 is 0 Å². The van der Waals surface area contributed by atoms with E-state index in [2.05, 4.69) is 10.3 Å². The molecule has 1 fully saturated rings. The second-order valence-corrected chi connectivity index (χ2v) is 6.49. The number of rotatable bonds is 5. The number of carbonyl (C=O) groups is 1. The highest BCUT2D eigenvalue weighted by Crippen LogP contribution is 2.29. The third-order valence-corrected chi connectivity index (χ3v) is 4.54. The Morgan fingerprint density at radius 1 is 1.33 bits per heavy atom. The molecule has 1 amide bonds. The fourth-order valence-electron chi connectivity index (χ4n) is 3.13. The molecule has 3 aromatic rings. The standard InChI is InChI=1S/C20H20N2O5/c1-12-19(20(24)22-16-10-25-11-17(16)23)15-8-14(5-6-18(15)27-12)26-9-13-4-2-3-7-21-13/h2-8,16-17,23H,9-11H2,1H3,(H,22,24)/t16-,17+/m0/s1. The lowest BCUT2D eigenvalue weighted by atomic mass is 10.1. The van der Waals surface area contributed by atoms with E-state index >= 15 is 0 Å². The fourth-order valence-corrected chi connectivity index (χ4v) is 3.13. The van der Waals surface area contributed by atoms with Crippen molar-refractivity contribution in [3.8, 4) is 5.75 Å². The van der Waals surface area contributed by atoms with E-state index in [9.17, 15) is 9.90 Å². The SMILES string of the molecule is Cc1oc2ccc(OCc3ccccn3)cc2c1C(=O)N[C@H]1COC[C@H]1O. The van der Waals surface area contributed by atoms with Gasteiger partial charge in [-0.1, -0.05) is 6.07 Å². The minimum atomic E-state index is -0.704. The highest BCUT2D eigenvalue weighted by Gasteiger charge is 2.29. The molecule has 27 heavy (non-hydrogen) atoms. The maximum Gasteiger partial charge on any atom is 0.255 e. The van der Waals surface area contributed by atoms with Crippen molar-refractivity contribution in [2.75, 3.05) is 13.2 Å². The number of nitrogens with zero attached hydrogens (tertiary/aromatic N) is 1. The molecule has 2 atom stereocenters. The van der Waals surface area contributed by atoms with Gasteiger partial charge in [-0.05, 0) is 37.3 Å². The number of furan rings is 1. The lowest BCUT2D eigenvalue weighted by molar-refractivity contribution is 0.0886. The van der Waals surface area contributed by atoms with Crippen molar-refractivity contribution in [3.63, 3.8) is 0 Å². The minimum Gasteiger partial charge on any atom is -0.487 e. The van der Waals surface area contributed by atoms with Crippen LogP contribution in [0.25, 0.3) is 11.0 Å². The van der Waals surface area contributed by atoms with E-state index in [0.29, 0.717) is 41.3 Å². The number of benzene rings is 1. The van der Waals surface area contributed by atoms with Gasteiger partial charge in [0.1, 0.15) is 23.7 Å². The molecule has 1 aliphatic heterocycles. The second-order valence-electron chi connectivity index (χ2n) is 6.49. The summed E-state index contributed by atoms with van der Waals surface area (Å²) in [5.74, 6) is 0.827. The van der Waals surface area contributed by atoms with Gasteiger partial charge in [-0.2, -0.15) is 0 Å². The molecule has 0 bridgehead atoms. The zero-order valence-electron chi connectivity index (χ0n) is 14.8. The molecule has 1 aliphatic rings. The number of amides is 1. The molecule has 4 rings (SSSR count). The van der Waals surface area contributed by atoms with Crippen LogP contribution < -0.4 is 10.1 Å². The molecule has 7 nitrogen and oxygen atoms in total. The Kier molecular flexibility index (Phi) is 4.79. The van der Waals surface area contributed by atoms with E-state index in [1.165, 1.54) is 0 Å².